The minimum Gasteiger partial charge on any atom is -0.299 e. The maximum atomic E-state index is 2.79. The Morgan fingerprint density at radius 1 is 0.522 bits per heavy atom. The largest absolute Gasteiger partial charge is 0.299 e. The molecule has 0 aromatic carbocycles. The Balaban J connectivity index is 5.88. The van der Waals surface area contributed by atoms with E-state index < -0.39 is 8.07 Å². The van der Waals surface area contributed by atoms with Gasteiger partial charge in [-0.05, 0) is 55.4 Å². The summed E-state index contributed by atoms with van der Waals surface area (Å²) >= 11 is 0. The predicted octanol–water partition coefficient (Wildman–Crippen LogP) is 5.57. The Labute approximate surface area is 149 Å². The van der Waals surface area contributed by atoms with Gasteiger partial charge in [-0.3, -0.25) is 9.80 Å². The highest BCUT2D eigenvalue weighted by Crippen LogP contribution is 2.33. The molecule has 0 N–H and O–H groups in total. The van der Waals surface area contributed by atoms with Crippen molar-refractivity contribution < 1.29 is 0 Å². The van der Waals surface area contributed by atoms with E-state index in [1.165, 1.54) is 12.1 Å². The molecule has 0 radical (unpaired) electrons. The van der Waals surface area contributed by atoms with Gasteiger partial charge in [0.2, 0.25) is 0 Å². The second-order valence-electron chi connectivity index (χ2n) is 8.56. The highest BCUT2D eigenvalue weighted by atomic mass is 28.3. The fourth-order valence-corrected chi connectivity index (χ4v) is 11.3. The van der Waals surface area contributed by atoms with E-state index in [2.05, 4.69) is 92.9 Å². The summed E-state index contributed by atoms with van der Waals surface area (Å²) in [6.07, 6.45) is 0. The number of rotatable bonds is 10. The molecule has 0 aromatic heterocycles. The van der Waals surface area contributed by atoms with Gasteiger partial charge in [-0.2, -0.15) is 0 Å². The lowest BCUT2D eigenvalue weighted by atomic mass is 10.2. The summed E-state index contributed by atoms with van der Waals surface area (Å²) in [6.45, 7) is 28.9. The van der Waals surface area contributed by atoms with E-state index in [0.717, 1.165) is 0 Å². The van der Waals surface area contributed by atoms with E-state index in [1.807, 2.05) is 0 Å². The molecule has 23 heavy (non-hydrogen) atoms. The molecule has 0 aliphatic heterocycles. The van der Waals surface area contributed by atoms with Crippen molar-refractivity contribution >= 4 is 8.07 Å². The number of nitrogens with zero attached hydrogens (tertiary/aromatic N) is 2. The van der Waals surface area contributed by atoms with E-state index in [-0.39, 0.29) is 0 Å². The first-order valence-corrected chi connectivity index (χ1v) is 12.6. The molecule has 0 aromatic rings. The molecule has 0 saturated carbocycles. The minimum atomic E-state index is -1.48. The van der Waals surface area contributed by atoms with Crippen LogP contribution in [-0.2, 0) is 0 Å². The van der Waals surface area contributed by atoms with Crippen molar-refractivity contribution in [2.24, 2.45) is 0 Å². The summed E-state index contributed by atoms with van der Waals surface area (Å²) in [6, 6.07) is 5.22. The first kappa shape index (κ1) is 23.1. The van der Waals surface area contributed by atoms with Gasteiger partial charge >= 0.3 is 0 Å². The van der Waals surface area contributed by atoms with Gasteiger partial charge in [-0.25, -0.2) is 0 Å². The van der Waals surface area contributed by atoms with Crippen LogP contribution in [0, 0.1) is 0 Å². The van der Waals surface area contributed by atoms with Crippen LogP contribution in [0.2, 0.25) is 12.1 Å². The Morgan fingerprint density at radius 3 is 0.870 bits per heavy atom. The zero-order valence-corrected chi connectivity index (χ0v) is 19.3. The molecule has 140 valence electrons. The van der Waals surface area contributed by atoms with Crippen molar-refractivity contribution in [3.05, 3.63) is 0 Å². The third-order valence-electron chi connectivity index (χ3n) is 6.26. The van der Waals surface area contributed by atoms with E-state index >= 15 is 0 Å². The molecule has 0 heterocycles. The van der Waals surface area contributed by atoms with Gasteiger partial charge in [-0.15, -0.1) is 0 Å². The predicted molar refractivity (Wildman–Crippen MR) is 110 cm³/mol. The van der Waals surface area contributed by atoms with Crippen molar-refractivity contribution in [1.29, 1.82) is 0 Å². The fourth-order valence-electron chi connectivity index (χ4n) is 5.36. The molecule has 0 aliphatic rings. The zero-order valence-electron chi connectivity index (χ0n) is 18.3. The van der Waals surface area contributed by atoms with E-state index in [0.29, 0.717) is 35.5 Å². The van der Waals surface area contributed by atoms with Gasteiger partial charge in [0.15, 0.2) is 0 Å². The van der Waals surface area contributed by atoms with Gasteiger partial charge in [0.1, 0.15) is 0 Å². The molecular weight excluding hydrogens is 296 g/mol. The topological polar surface area (TPSA) is 6.48 Å². The van der Waals surface area contributed by atoms with Crippen molar-refractivity contribution in [1.82, 2.24) is 9.80 Å². The minimum absolute atomic E-state index is 0.619. The summed E-state index contributed by atoms with van der Waals surface area (Å²) in [5.74, 6) is 0. The summed E-state index contributed by atoms with van der Waals surface area (Å²) < 4.78 is 0. The highest BCUT2D eigenvalue weighted by molar-refractivity contribution is 6.82. The molecular formula is C20H46N2Si. The molecule has 0 rings (SSSR count). The van der Waals surface area contributed by atoms with Gasteiger partial charge in [0, 0.05) is 35.5 Å². The molecule has 0 fully saturated rings. The summed E-state index contributed by atoms with van der Waals surface area (Å²) in [4.78, 5) is 5.57. The van der Waals surface area contributed by atoms with Crippen LogP contribution in [0.4, 0.5) is 0 Å². The second-order valence-corrected chi connectivity index (χ2v) is 14.1. The van der Waals surface area contributed by atoms with Crippen molar-refractivity contribution in [3.8, 4) is 0 Å². The normalized spacial score (nSPS) is 16.4. The van der Waals surface area contributed by atoms with Crippen LogP contribution in [-0.4, -0.2) is 53.4 Å². The lowest BCUT2D eigenvalue weighted by Gasteiger charge is -2.53. The van der Waals surface area contributed by atoms with E-state index in [9.17, 15) is 0 Å². The average molecular weight is 343 g/mol. The Bertz CT molecular complexity index is 278. The van der Waals surface area contributed by atoms with Crippen LogP contribution in [0.1, 0.15) is 83.1 Å². The second kappa shape index (κ2) is 9.58. The van der Waals surface area contributed by atoms with Gasteiger partial charge in [0.05, 0.1) is 8.07 Å². The molecule has 0 bridgehead atoms. The van der Waals surface area contributed by atoms with Crippen LogP contribution in [0.25, 0.3) is 0 Å². The molecule has 0 saturated heterocycles. The first-order valence-electron chi connectivity index (χ1n) is 10.0. The van der Waals surface area contributed by atoms with Crippen LogP contribution in [0.3, 0.4) is 0 Å². The monoisotopic (exact) mass is 342 g/mol. The summed E-state index contributed by atoms with van der Waals surface area (Å²) in [7, 11) is -1.48. The van der Waals surface area contributed by atoms with Gasteiger partial charge < -0.3 is 0 Å². The highest BCUT2D eigenvalue weighted by Gasteiger charge is 2.47. The maximum absolute atomic E-state index is 2.79. The van der Waals surface area contributed by atoms with E-state index in [1.54, 1.807) is 0 Å². The first-order chi connectivity index (χ1) is 10.5. The van der Waals surface area contributed by atoms with Crippen LogP contribution >= 0.6 is 0 Å². The Hall–Kier alpha value is 0.137. The van der Waals surface area contributed by atoms with Crippen molar-refractivity contribution in [3.63, 3.8) is 0 Å². The lowest BCUT2D eigenvalue weighted by molar-refractivity contribution is 0.132. The fraction of sp³-hybridized carbons (Fsp3) is 1.00. The van der Waals surface area contributed by atoms with Gasteiger partial charge in [-0.1, -0.05) is 39.8 Å². The summed E-state index contributed by atoms with van der Waals surface area (Å²) in [5.41, 5.74) is 1.43. The molecule has 2 unspecified atom stereocenters. The quantitative estimate of drug-likeness (QED) is 0.479. The molecule has 0 spiro atoms. The Morgan fingerprint density at radius 2 is 0.739 bits per heavy atom. The SMILES string of the molecule is CC[Si](CC)(C(C)N(C(C)C)C(C)C)C(C)N(C(C)C)C(C)C. The van der Waals surface area contributed by atoms with Gasteiger partial charge in [0.25, 0.3) is 0 Å². The zero-order chi connectivity index (χ0) is 18.5. The third-order valence-corrected chi connectivity index (χ3v) is 12.8. The standard InChI is InChI=1S/C20H46N2Si/c1-13-23(14-2,19(11)21(15(3)4)16(5)6)20(12)22(17(7)8)18(9)10/h15-20H,13-14H2,1-12H3. The average Bonchev–Trinajstić information content (AvgIpc) is 2.38. The van der Waals surface area contributed by atoms with Crippen molar-refractivity contribution in [2.75, 3.05) is 0 Å². The maximum Gasteiger partial charge on any atom is 0.0904 e. The van der Waals surface area contributed by atoms with Crippen LogP contribution in [0.15, 0.2) is 0 Å². The van der Waals surface area contributed by atoms with Crippen LogP contribution in [0.5, 0.6) is 0 Å². The van der Waals surface area contributed by atoms with Crippen molar-refractivity contribution in [2.45, 2.75) is 131 Å². The molecule has 2 nitrogen and oxygen atoms in total. The molecule has 3 heteroatoms. The molecule has 2 atom stereocenters. The molecule has 0 amide bonds. The lowest BCUT2D eigenvalue weighted by Crippen LogP contribution is -2.68. The number of hydrogen-bond donors (Lipinski definition) is 0. The Kier molecular flexibility index (Phi) is 9.63. The van der Waals surface area contributed by atoms with E-state index in [4.69, 9.17) is 0 Å². The number of hydrogen-bond acceptors (Lipinski definition) is 2. The third kappa shape index (κ3) is 5.06. The van der Waals surface area contributed by atoms with Crippen LogP contribution < -0.4 is 0 Å². The smallest absolute Gasteiger partial charge is 0.0904 e. The summed E-state index contributed by atoms with van der Waals surface area (Å²) in [5, 5.41) is 0. The molecule has 0 aliphatic carbocycles.